The van der Waals surface area contributed by atoms with Crippen molar-refractivity contribution in [1.82, 2.24) is 14.5 Å². The molecule has 6 atom stereocenters. The average Bonchev–Trinajstić information content (AvgIpc) is 3.56. The summed E-state index contributed by atoms with van der Waals surface area (Å²) in [5.41, 5.74) is 1.65. The molecule has 0 spiro atoms. The Morgan fingerprint density at radius 2 is 1.77 bits per heavy atom. The molecule has 0 aliphatic carbocycles. The van der Waals surface area contributed by atoms with Crippen LogP contribution in [0.15, 0.2) is 42.6 Å². The fraction of sp³-hybridized carbons (Fsp3) is 0.556. The van der Waals surface area contributed by atoms with Crippen LogP contribution in [0.5, 0.6) is 0 Å². The molecular formula is C27H36ClN4O7P. The van der Waals surface area contributed by atoms with E-state index in [1.807, 2.05) is 61.0 Å². The Morgan fingerprint density at radius 1 is 1.10 bits per heavy atom. The van der Waals surface area contributed by atoms with E-state index in [-0.39, 0.29) is 24.5 Å². The number of hydrogen-bond donors (Lipinski definition) is 1. The van der Waals surface area contributed by atoms with Crippen LogP contribution in [-0.4, -0.2) is 64.8 Å². The van der Waals surface area contributed by atoms with Gasteiger partial charge in [-0.25, -0.2) is 4.98 Å². The van der Waals surface area contributed by atoms with Crippen LogP contribution in [0.4, 0.5) is 5.82 Å². The molecule has 11 nitrogen and oxygen atoms in total. The Labute approximate surface area is 238 Å². The third-order valence-electron chi connectivity index (χ3n) is 6.99. The molecule has 218 valence electrons. The van der Waals surface area contributed by atoms with Crippen molar-refractivity contribution in [2.45, 2.75) is 76.8 Å². The molecule has 3 aromatic rings. The molecule has 0 bridgehead atoms. The van der Waals surface area contributed by atoms with E-state index in [0.717, 1.165) is 10.9 Å². The molecule has 1 N–H and O–H groups in total. The fourth-order valence-electron chi connectivity index (χ4n) is 5.40. The number of hydrogen-bond acceptors (Lipinski definition) is 10. The van der Waals surface area contributed by atoms with Crippen molar-refractivity contribution in [3.8, 4) is 0 Å². The minimum absolute atomic E-state index is 0.0312. The molecule has 2 aromatic heterocycles. The van der Waals surface area contributed by atoms with Gasteiger partial charge in [-0.2, -0.15) is 4.98 Å². The SMILES string of the molecule is CCOP(=O)(OCC)C(OC)[C@@H]1O[C@@H](n2ccc3c(N[C@H](C)c4ccccc4)nc(Cl)nc32)[C@@H]2OC(C)(C)O[C@H]21. The maximum absolute atomic E-state index is 13.8. The number of nitrogens with one attached hydrogen (secondary N) is 1. The van der Waals surface area contributed by atoms with Crippen molar-refractivity contribution in [1.29, 1.82) is 0 Å². The molecule has 13 heteroatoms. The monoisotopic (exact) mass is 594 g/mol. The summed E-state index contributed by atoms with van der Waals surface area (Å²) in [5, 5.41) is 4.29. The predicted molar refractivity (Wildman–Crippen MR) is 150 cm³/mol. The molecule has 2 aliphatic rings. The van der Waals surface area contributed by atoms with Gasteiger partial charge < -0.3 is 37.9 Å². The van der Waals surface area contributed by atoms with Gasteiger partial charge in [0.2, 0.25) is 5.28 Å². The summed E-state index contributed by atoms with van der Waals surface area (Å²) in [6, 6.07) is 11.9. The van der Waals surface area contributed by atoms with Gasteiger partial charge in [0, 0.05) is 19.3 Å². The standard InChI is InChI=1S/C27H36ClN4O7P/c1-7-35-40(33,36-8-2)25(34-6)21-19-20(39-27(4,5)38-19)24(37-21)32-15-14-18-22(30-26(28)31-23(18)32)29-16(3)17-12-10-9-11-13-17/h9-16,19-21,24-25H,7-8H2,1-6H3,(H,29,30,31)/t16-,19-,20-,21-,24-,25?/m1/s1. The number of benzene rings is 1. The number of methoxy groups -OCH3 is 1. The maximum Gasteiger partial charge on any atom is 0.361 e. The third-order valence-corrected chi connectivity index (χ3v) is 9.52. The largest absolute Gasteiger partial charge is 0.366 e. The fourth-order valence-corrected chi connectivity index (χ4v) is 7.51. The number of anilines is 1. The molecule has 0 radical (unpaired) electrons. The van der Waals surface area contributed by atoms with E-state index in [1.165, 1.54) is 7.11 Å². The first-order valence-electron chi connectivity index (χ1n) is 13.4. The second-order valence-corrected chi connectivity index (χ2v) is 12.6. The molecule has 40 heavy (non-hydrogen) atoms. The van der Waals surface area contributed by atoms with Gasteiger partial charge in [0.05, 0.1) is 18.6 Å². The summed E-state index contributed by atoms with van der Waals surface area (Å²) in [5.74, 6) is -1.37. The van der Waals surface area contributed by atoms with Crippen LogP contribution < -0.4 is 5.32 Å². The second-order valence-electron chi connectivity index (χ2n) is 10.1. The van der Waals surface area contributed by atoms with Crippen molar-refractivity contribution < 1.29 is 32.6 Å². The van der Waals surface area contributed by atoms with Crippen LogP contribution in [-0.2, 0) is 32.6 Å². The Hall–Kier alpha value is -2.08. The molecule has 0 amide bonds. The van der Waals surface area contributed by atoms with E-state index < -0.39 is 43.8 Å². The lowest BCUT2D eigenvalue weighted by Gasteiger charge is -2.32. The van der Waals surface area contributed by atoms with Gasteiger partial charge in [0.1, 0.15) is 29.8 Å². The van der Waals surface area contributed by atoms with E-state index in [9.17, 15) is 4.57 Å². The van der Waals surface area contributed by atoms with E-state index >= 15 is 0 Å². The van der Waals surface area contributed by atoms with E-state index in [2.05, 4.69) is 22.2 Å². The van der Waals surface area contributed by atoms with E-state index in [1.54, 1.807) is 13.8 Å². The highest BCUT2D eigenvalue weighted by Crippen LogP contribution is 2.58. The van der Waals surface area contributed by atoms with Crippen LogP contribution >= 0.6 is 19.2 Å². The topological polar surface area (TPSA) is 115 Å². The Morgan fingerprint density at radius 3 is 2.42 bits per heavy atom. The highest BCUT2D eigenvalue weighted by Gasteiger charge is 2.61. The zero-order chi connectivity index (χ0) is 28.7. The van der Waals surface area contributed by atoms with E-state index in [4.69, 9.17) is 39.6 Å². The van der Waals surface area contributed by atoms with Gasteiger partial charge in [-0.05, 0) is 57.8 Å². The number of halogens is 1. The van der Waals surface area contributed by atoms with Crippen LogP contribution in [0.2, 0.25) is 5.28 Å². The lowest BCUT2D eigenvalue weighted by Crippen LogP contribution is -2.40. The summed E-state index contributed by atoms with van der Waals surface area (Å²) in [6.07, 6.45) is -0.868. The zero-order valence-electron chi connectivity index (χ0n) is 23.4. The third kappa shape index (κ3) is 5.54. The van der Waals surface area contributed by atoms with Gasteiger partial charge >= 0.3 is 7.60 Å². The molecule has 2 fully saturated rings. The van der Waals surface area contributed by atoms with Crippen LogP contribution in [0, 0.1) is 0 Å². The van der Waals surface area contributed by atoms with Gasteiger partial charge in [-0.1, -0.05) is 30.3 Å². The molecule has 2 aliphatic heterocycles. The maximum atomic E-state index is 13.8. The van der Waals surface area contributed by atoms with Crippen molar-refractivity contribution in [3.63, 3.8) is 0 Å². The van der Waals surface area contributed by atoms with Gasteiger partial charge in [0.15, 0.2) is 17.9 Å². The number of fused-ring (bicyclic) bond motifs is 2. The molecule has 1 unspecified atom stereocenters. The lowest BCUT2D eigenvalue weighted by atomic mass is 10.1. The van der Waals surface area contributed by atoms with Gasteiger partial charge in [-0.15, -0.1) is 0 Å². The van der Waals surface area contributed by atoms with Gasteiger partial charge in [0.25, 0.3) is 0 Å². The van der Waals surface area contributed by atoms with Gasteiger partial charge in [-0.3, -0.25) is 4.57 Å². The Bertz CT molecular complexity index is 1360. The number of rotatable bonds is 11. The number of aromatic nitrogens is 3. The molecule has 4 heterocycles. The molecule has 5 rings (SSSR count). The summed E-state index contributed by atoms with van der Waals surface area (Å²) < 4.78 is 51.7. The van der Waals surface area contributed by atoms with Crippen LogP contribution in [0.1, 0.15) is 52.5 Å². The lowest BCUT2D eigenvalue weighted by molar-refractivity contribution is -0.204. The quantitative estimate of drug-likeness (QED) is 0.212. The number of nitrogens with zero attached hydrogens (tertiary/aromatic N) is 3. The highest BCUT2D eigenvalue weighted by molar-refractivity contribution is 7.54. The molecule has 0 saturated carbocycles. The Kier molecular flexibility index (Phi) is 8.57. The Balaban J connectivity index is 1.52. The normalized spacial score (nSPS) is 25.7. The first kappa shape index (κ1) is 29.4. The summed E-state index contributed by atoms with van der Waals surface area (Å²) in [4.78, 5) is 9.00. The summed E-state index contributed by atoms with van der Waals surface area (Å²) in [7, 11) is -2.28. The van der Waals surface area contributed by atoms with Crippen molar-refractivity contribution >= 4 is 36.0 Å². The molecule has 1 aromatic carbocycles. The summed E-state index contributed by atoms with van der Waals surface area (Å²) in [6.45, 7) is 9.56. The van der Waals surface area contributed by atoms with E-state index in [0.29, 0.717) is 11.5 Å². The molecular weight excluding hydrogens is 559 g/mol. The minimum Gasteiger partial charge on any atom is -0.366 e. The second kappa shape index (κ2) is 11.7. The molecule has 2 saturated heterocycles. The smallest absolute Gasteiger partial charge is 0.361 e. The first-order chi connectivity index (χ1) is 19.1. The zero-order valence-corrected chi connectivity index (χ0v) is 25.1. The van der Waals surface area contributed by atoms with Crippen molar-refractivity contribution in [2.75, 3.05) is 25.6 Å². The highest BCUT2D eigenvalue weighted by atomic mass is 35.5. The van der Waals surface area contributed by atoms with Crippen molar-refractivity contribution in [2.24, 2.45) is 0 Å². The summed E-state index contributed by atoms with van der Waals surface area (Å²) >= 11 is 6.41. The number of ether oxygens (including phenoxy) is 4. The average molecular weight is 595 g/mol. The van der Waals surface area contributed by atoms with Crippen LogP contribution in [0.25, 0.3) is 11.0 Å². The first-order valence-corrected chi connectivity index (χ1v) is 15.4. The minimum atomic E-state index is -3.73. The van der Waals surface area contributed by atoms with Crippen molar-refractivity contribution in [3.05, 3.63) is 53.4 Å². The van der Waals surface area contributed by atoms with Crippen LogP contribution in [0.3, 0.4) is 0 Å². The predicted octanol–water partition coefficient (Wildman–Crippen LogP) is 5.91.